The van der Waals surface area contributed by atoms with Crippen molar-refractivity contribution >= 4 is 31.9 Å². The fourth-order valence-electron chi connectivity index (χ4n) is 1.36. The van der Waals surface area contributed by atoms with Crippen molar-refractivity contribution in [2.75, 3.05) is 0 Å². The number of hydrogen-bond donors (Lipinski definition) is 1. The molecule has 2 aromatic rings. The molecule has 0 saturated carbocycles. The maximum Gasteiger partial charge on any atom is 0.229 e. The quantitative estimate of drug-likeness (QED) is 0.887. The summed E-state index contributed by atoms with van der Waals surface area (Å²) in [4.78, 5) is 8.43. The molecule has 0 aliphatic rings. The van der Waals surface area contributed by atoms with E-state index < -0.39 is 6.10 Å². The Hall–Kier alpha value is -0.790. The third-order valence-electron chi connectivity index (χ3n) is 2.37. The van der Waals surface area contributed by atoms with Crippen molar-refractivity contribution in [3.05, 3.63) is 27.1 Å². The van der Waals surface area contributed by atoms with Gasteiger partial charge >= 0.3 is 0 Å². The predicted molar refractivity (Wildman–Crippen MR) is 72.9 cm³/mol. The smallest absolute Gasteiger partial charge is 0.229 e. The summed E-state index contributed by atoms with van der Waals surface area (Å²) < 4.78 is 6.73. The van der Waals surface area contributed by atoms with Gasteiger partial charge in [-0.05, 0) is 44.3 Å². The Labute approximate surface area is 121 Å². The van der Waals surface area contributed by atoms with Crippen LogP contribution in [0, 0.1) is 0 Å². The molecule has 1 atom stereocenters. The normalized spacial score (nSPS) is 12.7. The number of aliphatic hydroxyl groups is 1. The van der Waals surface area contributed by atoms with Gasteiger partial charge in [-0.1, -0.05) is 12.1 Å². The molecule has 0 aromatic carbocycles. The van der Waals surface area contributed by atoms with Gasteiger partial charge in [0.25, 0.3) is 0 Å². The van der Waals surface area contributed by atoms with Crippen LogP contribution < -0.4 is 0 Å². The van der Waals surface area contributed by atoms with Gasteiger partial charge in [-0.25, -0.2) is 0 Å². The fraction of sp³-hybridized carbons (Fsp3) is 0.364. The minimum absolute atomic E-state index is 0.359. The molecule has 0 fully saturated rings. The lowest BCUT2D eigenvalue weighted by atomic mass is 10.2. The molecule has 0 aliphatic carbocycles. The highest BCUT2D eigenvalue weighted by Gasteiger charge is 2.15. The van der Waals surface area contributed by atoms with Crippen molar-refractivity contribution in [2.45, 2.75) is 25.9 Å². The van der Waals surface area contributed by atoms with Crippen LogP contribution in [0.5, 0.6) is 0 Å². The van der Waals surface area contributed by atoms with Crippen LogP contribution >= 0.6 is 31.9 Å². The van der Waals surface area contributed by atoms with Crippen molar-refractivity contribution in [3.63, 3.8) is 0 Å². The maximum atomic E-state index is 9.52. The Morgan fingerprint density at radius 2 is 2.22 bits per heavy atom. The summed E-state index contributed by atoms with van der Waals surface area (Å²) in [6, 6.07) is 1.86. The Bertz CT molecular complexity index is 545. The van der Waals surface area contributed by atoms with Crippen molar-refractivity contribution in [3.8, 4) is 11.5 Å². The summed E-state index contributed by atoms with van der Waals surface area (Å²) >= 11 is 6.72. The van der Waals surface area contributed by atoms with E-state index >= 15 is 0 Å². The lowest BCUT2D eigenvalue weighted by Gasteiger charge is -2.01. The average molecular weight is 377 g/mol. The summed E-state index contributed by atoms with van der Waals surface area (Å²) in [5.74, 6) is 0.823. The number of rotatable bonds is 4. The first-order valence-electron chi connectivity index (χ1n) is 5.42. The van der Waals surface area contributed by atoms with Gasteiger partial charge in [-0.15, -0.1) is 0 Å². The number of hydrogen-bond acceptors (Lipinski definition) is 5. The molecule has 2 heterocycles. The second kappa shape index (κ2) is 5.90. The molecule has 0 saturated heterocycles. The molecular formula is C11H11Br2N3O2. The maximum absolute atomic E-state index is 9.52. The Kier molecular flexibility index (Phi) is 4.47. The molecule has 5 nitrogen and oxygen atoms in total. The summed E-state index contributed by atoms with van der Waals surface area (Å²) in [6.07, 6.45) is 2.21. The highest BCUT2D eigenvalue weighted by atomic mass is 79.9. The third-order valence-corrected chi connectivity index (χ3v) is 3.41. The molecule has 1 N–H and O–H groups in total. The Balaban J connectivity index is 2.24. The monoisotopic (exact) mass is 375 g/mol. The second-order valence-corrected chi connectivity index (χ2v) is 5.53. The van der Waals surface area contributed by atoms with Gasteiger partial charge < -0.3 is 9.63 Å². The van der Waals surface area contributed by atoms with E-state index in [1.807, 2.05) is 13.0 Å². The van der Waals surface area contributed by atoms with Crippen LogP contribution in [-0.2, 0) is 6.42 Å². The number of nitrogens with zero attached hydrogens (tertiary/aromatic N) is 3. The molecule has 0 aliphatic heterocycles. The van der Waals surface area contributed by atoms with Crippen molar-refractivity contribution in [1.82, 2.24) is 15.1 Å². The molecule has 18 heavy (non-hydrogen) atoms. The first-order chi connectivity index (χ1) is 8.60. The molecule has 2 rings (SSSR count). The van der Waals surface area contributed by atoms with E-state index in [0.717, 1.165) is 8.95 Å². The second-order valence-electron chi connectivity index (χ2n) is 3.76. The zero-order valence-corrected chi connectivity index (χ0v) is 12.8. The summed E-state index contributed by atoms with van der Waals surface area (Å²) in [6.45, 7) is 1.90. The van der Waals surface area contributed by atoms with Crippen molar-refractivity contribution in [2.24, 2.45) is 0 Å². The van der Waals surface area contributed by atoms with Gasteiger partial charge in [-0.2, -0.15) is 4.98 Å². The largest absolute Gasteiger partial charge is 0.393 e. The lowest BCUT2D eigenvalue weighted by Crippen LogP contribution is -2.08. The molecule has 7 heteroatoms. The van der Waals surface area contributed by atoms with Crippen LogP contribution in [0.15, 0.2) is 25.7 Å². The minimum atomic E-state index is -0.459. The average Bonchev–Trinajstić information content (AvgIpc) is 2.77. The molecule has 0 amide bonds. The lowest BCUT2D eigenvalue weighted by molar-refractivity contribution is 0.158. The zero-order chi connectivity index (χ0) is 13.1. The van der Waals surface area contributed by atoms with Gasteiger partial charge in [0, 0.05) is 15.1 Å². The number of halogens is 2. The van der Waals surface area contributed by atoms with E-state index in [2.05, 4.69) is 47.0 Å². The van der Waals surface area contributed by atoms with E-state index in [1.54, 1.807) is 6.20 Å². The SMILES string of the molecule is CCC(O)Cc1nc(-c2ncc(Br)cc2Br)no1. The molecular weight excluding hydrogens is 366 g/mol. The van der Waals surface area contributed by atoms with Gasteiger partial charge in [-0.3, -0.25) is 4.98 Å². The molecule has 2 aromatic heterocycles. The highest BCUT2D eigenvalue weighted by molar-refractivity contribution is 9.11. The number of aromatic nitrogens is 3. The summed E-state index contributed by atoms with van der Waals surface area (Å²) in [5.41, 5.74) is 0.610. The third kappa shape index (κ3) is 3.15. The standard InChI is InChI=1S/C11H11Br2N3O2/c1-2-7(17)4-9-15-11(16-18-9)10-8(13)3-6(12)5-14-10/h3,5,7,17H,2,4H2,1H3. The first kappa shape index (κ1) is 13.6. The fourth-order valence-corrected chi connectivity index (χ4v) is 2.52. The van der Waals surface area contributed by atoms with Crippen LogP contribution in [0.3, 0.4) is 0 Å². The van der Waals surface area contributed by atoms with Crippen LogP contribution in [-0.4, -0.2) is 26.3 Å². The summed E-state index contributed by atoms with van der Waals surface area (Å²) in [7, 11) is 0. The van der Waals surface area contributed by atoms with Crippen LogP contribution in [0.1, 0.15) is 19.2 Å². The molecule has 1 unspecified atom stereocenters. The van der Waals surface area contributed by atoms with E-state index in [-0.39, 0.29) is 0 Å². The molecule has 0 spiro atoms. The van der Waals surface area contributed by atoms with Crippen molar-refractivity contribution in [1.29, 1.82) is 0 Å². The van der Waals surface area contributed by atoms with E-state index in [4.69, 9.17) is 4.52 Å². The Morgan fingerprint density at radius 1 is 1.44 bits per heavy atom. The first-order valence-corrected chi connectivity index (χ1v) is 7.00. The molecule has 0 radical (unpaired) electrons. The van der Waals surface area contributed by atoms with Gasteiger partial charge in [0.2, 0.25) is 11.7 Å². The molecule has 0 bridgehead atoms. The topological polar surface area (TPSA) is 72.0 Å². The van der Waals surface area contributed by atoms with E-state index in [9.17, 15) is 5.11 Å². The Morgan fingerprint density at radius 3 is 2.89 bits per heavy atom. The number of aliphatic hydroxyl groups excluding tert-OH is 1. The van der Waals surface area contributed by atoms with Crippen molar-refractivity contribution < 1.29 is 9.63 Å². The van der Waals surface area contributed by atoms with Gasteiger partial charge in [0.05, 0.1) is 12.5 Å². The van der Waals surface area contributed by atoms with Crippen LogP contribution in [0.4, 0.5) is 0 Å². The van der Waals surface area contributed by atoms with Crippen LogP contribution in [0.25, 0.3) is 11.5 Å². The summed E-state index contributed by atoms with van der Waals surface area (Å²) in [5, 5.41) is 13.4. The highest BCUT2D eigenvalue weighted by Crippen LogP contribution is 2.26. The van der Waals surface area contributed by atoms with Gasteiger partial charge in [0.15, 0.2) is 0 Å². The zero-order valence-electron chi connectivity index (χ0n) is 9.60. The predicted octanol–water partition coefficient (Wildman–Crippen LogP) is 2.97. The van der Waals surface area contributed by atoms with E-state index in [0.29, 0.717) is 30.3 Å². The van der Waals surface area contributed by atoms with E-state index in [1.165, 1.54) is 0 Å². The number of pyridine rings is 1. The van der Waals surface area contributed by atoms with Gasteiger partial charge in [0.1, 0.15) is 5.69 Å². The minimum Gasteiger partial charge on any atom is -0.393 e. The van der Waals surface area contributed by atoms with Crippen LogP contribution in [0.2, 0.25) is 0 Å². The molecule has 96 valence electrons.